The lowest BCUT2D eigenvalue weighted by Gasteiger charge is -2.09. The number of nitrogens with zero attached hydrogens (tertiary/aromatic N) is 2. The van der Waals surface area contributed by atoms with Crippen LogP contribution < -0.4 is 4.72 Å². The summed E-state index contributed by atoms with van der Waals surface area (Å²) in [5.41, 5.74) is 0.0871. The van der Waals surface area contributed by atoms with Gasteiger partial charge in [-0.3, -0.25) is 4.68 Å². The summed E-state index contributed by atoms with van der Waals surface area (Å²) in [4.78, 5) is 0.143. The van der Waals surface area contributed by atoms with Crippen molar-refractivity contribution in [1.82, 2.24) is 14.5 Å². The van der Waals surface area contributed by atoms with Gasteiger partial charge in [-0.25, -0.2) is 13.1 Å². The van der Waals surface area contributed by atoms with Gasteiger partial charge in [0.2, 0.25) is 10.0 Å². The maximum atomic E-state index is 12.8. The number of nitrogens with one attached hydrogen (secondary N) is 1. The molecule has 1 aromatic carbocycles. The van der Waals surface area contributed by atoms with E-state index in [2.05, 4.69) is 9.82 Å². The van der Waals surface area contributed by atoms with Crippen molar-refractivity contribution < 1.29 is 21.6 Å². The van der Waals surface area contributed by atoms with Crippen LogP contribution in [0.1, 0.15) is 43.1 Å². The van der Waals surface area contributed by atoms with Gasteiger partial charge in [0, 0.05) is 13.1 Å². The second kappa shape index (κ2) is 8.20. The van der Waals surface area contributed by atoms with Gasteiger partial charge in [0.25, 0.3) is 0 Å². The molecule has 2 rings (SSSR count). The van der Waals surface area contributed by atoms with Gasteiger partial charge < -0.3 is 0 Å². The Morgan fingerprint density at radius 3 is 2.30 bits per heavy atom. The summed E-state index contributed by atoms with van der Waals surface area (Å²) >= 11 is 5.68. The average molecular weight is 424 g/mol. The maximum Gasteiger partial charge on any atom is 0.436 e. The molecule has 27 heavy (non-hydrogen) atoms. The third-order valence-electron chi connectivity index (χ3n) is 4.10. The molecule has 150 valence electrons. The van der Waals surface area contributed by atoms with Gasteiger partial charge in [-0.1, -0.05) is 37.6 Å². The Balaban J connectivity index is 1.96. The molecule has 0 saturated heterocycles. The van der Waals surface area contributed by atoms with Crippen molar-refractivity contribution in [2.75, 3.05) is 6.54 Å². The highest BCUT2D eigenvalue weighted by Gasteiger charge is 2.38. The minimum absolute atomic E-state index is 0.0620. The minimum Gasteiger partial charge on any atom is -0.268 e. The Kier molecular flexibility index (Phi) is 6.59. The van der Waals surface area contributed by atoms with Crippen LogP contribution in [0.5, 0.6) is 0 Å². The smallest absolute Gasteiger partial charge is 0.268 e. The van der Waals surface area contributed by atoms with Crippen LogP contribution in [0.25, 0.3) is 0 Å². The molecule has 0 saturated carbocycles. The molecule has 1 heterocycles. The first-order valence-corrected chi connectivity index (χ1v) is 10.2. The Labute approximate surface area is 161 Å². The first-order valence-electron chi connectivity index (χ1n) is 8.33. The topological polar surface area (TPSA) is 64.0 Å². The van der Waals surface area contributed by atoms with E-state index in [4.69, 9.17) is 11.6 Å². The van der Waals surface area contributed by atoms with Gasteiger partial charge in [-0.2, -0.15) is 18.3 Å². The van der Waals surface area contributed by atoms with E-state index in [1.54, 1.807) is 12.1 Å². The third-order valence-corrected chi connectivity index (χ3v) is 6.03. The van der Waals surface area contributed by atoms with Crippen LogP contribution in [0, 0.1) is 6.92 Å². The number of sulfonamides is 1. The maximum absolute atomic E-state index is 12.8. The average Bonchev–Trinajstić information content (AvgIpc) is 2.87. The molecule has 0 fully saturated rings. The second-order valence-corrected chi connectivity index (χ2v) is 8.59. The van der Waals surface area contributed by atoms with Crippen molar-refractivity contribution >= 4 is 21.6 Å². The Morgan fingerprint density at radius 1 is 1.22 bits per heavy atom. The lowest BCUT2D eigenvalue weighted by molar-refractivity contribution is -0.141. The highest BCUT2D eigenvalue weighted by Crippen LogP contribution is 2.35. The van der Waals surface area contributed by atoms with Crippen LogP contribution in [0.15, 0.2) is 29.2 Å². The van der Waals surface area contributed by atoms with E-state index in [0.29, 0.717) is 5.92 Å². The van der Waals surface area contributed by atoms with Crippen LogP contribution >= 0.6 is 11.6 Å². The number of hydrogen-bond donors (Lipinski definition) is 1. The molecule has 0 radical (unpaired) electrons. The van der Waals surface area contributed by atoms with Gasteiger partial charge in [0.05, 0.1) is 15.6 Å². The molecule has 0 amide bonds. The first-order chi connectivity index (χ1) is 12.4. The van der Waals surface area contributed by atoms with Gasteiger partial charge >= 0.3 is 6.18 Å². The van der Waals surface area contributed by atoms with Gasteiger partial charge in [0.1, 0.15) is 0 Å². The van der Waals surface area contributed by atoms with Gasteiger partial charge in [0.15, 0.2) is 5.69 Å². The van der Waals surface area contributed by atoms with E-state index < -0.39 is 26.9 Å². The summed E-state index contributed by atoms with van der Waals surface area (Å²) in [5, 5.41) is 3.04. The number of aromatic nitrogens is 2. The van der Waals surface area contributed by atoms with E-state index in [9.17, 15) is 21.6 Å². The zero-order chi connectivity index (χ0) is 20.4. The van der Waals surface area contributed by atoms with E-state index >= 15 is 0 Å². The molecular formula is C17H21ClF3N3O2S. The fraction of sp³-hybridized carbons (Fsp3) is 0.471. The molecule has 0 aliphatic heterocycles. The van der Waals surface area contributed by atoms with Crippen molar-refractivity contribution in [1.29, 1.82) is 0 Å². The zero-order valence-corrected chi connectivity index (χ0v) is 16.7. The van der Waals surface area contributed by atoms with Crippen molar-refractivity contribution in [3.63, 3.8) is 0 Å². The molecule has 2 aromatic rings. The first kappa shape index (κ1) is 21.7. The van der Waals surface area contributed by atoms with Crippen LogP contribution in [0.4, 0.5) is 13.2 Å². The second-order valence-electron chi connectivity index (χ2n) is 6.44. The number of halogens is 4. The lowest BCUT2D eigenvalue weighted by Crippen LogP contribution is -2.25. The molecule has 0 unspecified atom stereocenters. The minimum atomic E-state index is -4.63. The molecule has 0 aliphatic carbocycles. The number of benzene rings is 1. The predicted octanol–water partition coefficient (Wildman–Crippen LogP) is 4.36. The van der Waals surface area contributed by atoms with Crippen molar-refractivity contribution in [3.05, 3.63) is 46.2 Å². The molecule has 0 aliphatic rings. The van der Waals surface area contributed by atoms with Crippen molar-refractivity contribution in [3.8, 4) is 0 Å². The quantitative estimate of drug-likeness (QED) is 0.673. The highest BCUT2D eigenvalue weighted by molar-refractivity contribution is 7.89. The summed E-state index contributed by atoms with van der Waals surface area (Å²) in [6.45, 7) is 5.62. The normalized spacial score (nSPS) is 12.7. The van der Waals surface area contributed by atoms with Crippen LogP contribution in [0.3, 0.4) is 0 Å². The van der Waals surface area contributed by atoms with Gasteiger partial charge in [-0.05, 0) is 37.0 Å². The third kappa shape index (κ3) is 5.24. The SMILES string of the molecule is Cc1c(Cl)c(C(F)(F)F)nn1CCCNS(=O)(=O)c1ccc(C(C)C)cc1. The highest BCUT2D eigenvalue weighted by atomic mass is 35.5. The molecule has 0 atom stereocenters. The number of rotatable bonds is 7. The monoisotopic (exact) mass is 423 g/mol. The molecule has 1 aromatic heterocycles. The summed E-state index contributed by atoms with van der Waals surface area (Å²) in [7, 11) is -3.68. The summed E-state index contributed by atoms with van der Waals surface area (Å²) in [6.07, 6.45) is -4.36. The largest absolute Gasteiger partial charge is 0.436 e. The Hall–Kier alpha value is -1.58. The Morgan fingerprint density at radius 2 is 1.81 bits per heavy atom. The van der Waals surface area contributed by atoms with Crippen LogP contribution in [-0.4, -0.2) is 24.7 Å². The molecular weight excluding hydrogens is 403 g/mol. The molecule has 0 bridgehead atoms. The Bertz CT molecular complexity index is 891. The van der Waals surface area contributed by atoms with E-state index in [1.165, 1.54) is 19.1 Å². The molecule has 5 nitrogen and oxygen atoms in total. The summed E-state index contributed by atoms with van der Waals surface area (Å²) in [6, 6.07) is 6.58. The number of aryl methyl sites for hydroxylation is 1. The predicted molar refractivity (Wildman–Crippen MR) is 97.3 cm³/mol. The number of hydrogen-bond acceptors (Lipinski definition) is 3. The molecule has 10 heteroatoms. The fourth-order valence-corrected chi connectivity index (χ4v) is 3.79. The zero-order valence-electron chi connectivity index (χ0n) is 15.1. The van der Waals surface area contributed by atoms with E-state index in [-0.39, 0.29) is 30.1 Å². The summed E-state index contributed by atoms with van der Waals surface area (Å²) in [5.74, 6) is 0.292. The van der Waals surface area contributed by atoms with Gasteiger partial charge in [-0.15, -0.1) is 0 Å². The van der Waals surface area contributed by atoms with Crippen LogP contribution in [-0.2, 0) is 22.7 Å². The standard InChI is InChI=1S/C17H21ClF3N3O2S/c1-11(2)13-5-7-14(8-6-13)27(25,26)22-9-4-10-24-12(3)15(18)16(23-24)17(19,20)21/h5-8,11,22H,4,9-10H2,1-3H3. The summed E-state index contributed by atoms with van der Waals surface area (Å²) < 4.78 is 66.5. The van der Waals surface area contributed by atoms with Crippen molar-refractivity contribution in [2.24, 2.45) is 0 Å². The fourth-order valence-electron chi connectivity index (χ4n) is 2.47. The van der Waals surface area contributed by atoms with Crippen molar-refractivity contribution in [2.45, 2.75) is 50.7 Å². The van der Waals surface area contributed by atoms with Crippen LogP contribution in [0.2, 0.25) is 5.02 Å². The molecule has 1 N–H and O–H groups in total. The number of alkyl halides is 3. The van der Waals surface area contributed by atoms with E-state index in [1.807, 2.05) is 13.8 Å². The molecule has 0 spiro atoms. The lowest BCUT2D eigenvalue weighted by atomic mass is 10.0. The van der Waals surface area contributed by atoms with E-state index in [0.717, 1.165) is 10.2 Å².